The van der Waals surface area contributed by atoms with Crippen LogP contribution in [0.5, 0.6) is 5.75 Å². The lowest BCUT2D eigenvalue weighted by atomic mass is 10.1. The monoisotopic (exact) mass is 441 g/mol. The van der Waals surface area contributed by atoms with Crippen LogP contribution in [0.25, 0.3) is 11.3 Å². The Kier molecular flexibility index (Phi) is 5.00. The molecule has 3 aromatic rings. The summed E-state index contributed by atoms with van der Waals surface area (Å²) in [6.45, 7) is -0.0605. The van der Waals surface area contributed by atoms with Gasteiger partial charge in [0.2, 0.25) is 0 Å². The lowest BCUT2D eigenvalue weighted by Gasteiger charge is -2.18. The summed E-state index contributed by atoms with van der Waals surface area (Å²) in [6.07, 6.45) is 0. The summed E-state index contributed by atoms with van der Waals surface area (Å²) in [5.41, 5.74) is 0.276. The van der Waals surface area contributed by atoms with Gasteiger partial charge in [-0.15, -0.1) is 11.3 Å². The maximum Gasteiger partial charge on any atom is 0.277 e. The first-order valence-corrected chi connectivity index (χ1v) is 9.46. The smallest absolute Gasteiger partial charge is 0.277 e. The minimum atomic E-state index is -0.816. The Morgan fingerprint density at radius 1 is 1.13 bits per heavy atom. The molecule has 2 aromatic carbocycles. The molecule has 0 atom stereocenters. The Morgan fingerprint density at radius 2 is 1.84 bits per heavy atom. The summed E-state index contributed by atoms with van der Waals surface area (Å²) in [7, 11) is 0. The van der Waals surface area contributed by atoms with Crippen LogP contribution in [0.3, 0.4) is 0 Å². The molecular formula is C18H11N5O7S. The number of hydrogen-bond donors (Lipinski definition) is 2. The largest absolute Gasteiger partial charge is 0.482 e. The van der Waals surface area contributed by atoms with Crippen molar-refractivity contribution in [3.05, 3.63) is 67.6 Å². The molecule has 0 unspecified atom stereocenters. The fraction of sp³-hybridized carbons (Fsp3) is 0.0556. The number of nitro benzene ring substituents is 2. The van der Waals surface area contributed by atoms with Gasteiger partial charge in [0.1, 0.15) is 5.75 Å². The van der Waals surface area contributed by atoms with E-state index in [0.717, 1.165) is 29.5 Å². The van der Waals surface area contributed by atoms with E-state index in [9.17, 15) is 29.8 Å². The Hall–Kier alpha value is -4.39. The number of nitrogens with zero attached hydrogens (tertiary/aromatic N) is 3. The number of rotatable bonds is 5. The van der Waals surface area contributed by atoms with Crippen molar-refractivity contribution >= 4 is 45.3 Å². The molecule has 0 fully saturated rings. The number of aromatic nitrogens is 1. The zero-order chi connectivity index (χ0) is 22.1. The molecule has 2 N–H and O–H groups in total. The van der Waals surface area contributed by atoms with Gasteiger partial charge in [0.25, 0.3) is 23.2 Å². The molecule has 0 saturated carbocycles. The quantitative estimate of drug-likeness (QED) is 0.449. The first-order chi connectivity index (χ1) is 14.8. The zero-order valence-corrected chi connectivity index (χ0v) is 16.2. The van der Waals surface area contributed by atoms with Crippen LogP contribution < -0.4 is 15.4 Å². The minimum Gasteiger partial charge on any atom is -0.482 e. The molecule has 0 bridgehead atoms. The second kappa shape index (κ2) is 7.79. The molecule has 12 nitrogen and oxygen atoms in total. The molecule has 31 heavy (non-hydrogen) atoms. The average Bonchev–Trinajstić information content (AvgIpc) is 3.21. The lowest BCUT2D eigenvalue weighted by molar-refractivity contribution is -0.394. The van der Waals surface area contributed by atoms with Crippen molar-refractivity contribution in [3.8, 4) is 17.0 Å². The number of non-ortho nitro benzene ring substituents is 2. The second-order valence-electron chi connectivity index (χ2n) is 6.29. The van der Waals surface area contributed by atoms with Gasteiger partial charge >= 0.3 is 0 Å². The summed E-state index contributed by atoms with van der Waals surface area (Å²) in [5.74, 6) is -0.528. The topological polar surface area (TPSA) is 167 Å². The number of hydrogen-bond acceptors (Lipinski definition) is 9. The van der Waals surface area contributed by atoms with Crippen molar-refractivity contribution < 1.29 is 24.2 Å². The number of carbonyl (C=O) groups excluding carboxylic acids is 2. The van der Waals surface area contributed by atoms with E-state index < -0.39 is 27.1 Å². The minimum absolute atomic E-state index is 0.0605. The summed E-state index contributed by atoms with van der Waals surface area (Å²) in [5, 5.41) is 29.0. The maximum atomic E-state index is 12.5. The van der Waals surface area contributed by atoms with Crippen LogP contribution >= 0.6 is 11.3 Å². The van der Waals surface area contributed by atoms with Crippen LogP contribution in [0.15, 0.2) is 41.8 Å². The van der Waals surface area contributed by atoms with Gasteiger partial charge < -0.3 is 10.1 Å². The summed E-state index contributed by atoms with van der Waals surface area (Å²) in [4.78, 5) is 48.6. The molecule has 2 amide bonds. The van der Waals surface area contributed by atoms with E-state index in [1.54, 1.807) is 23.6 Å². The van der Waals surface area contributed by atoms with Gasteiger partial charge in [-0.1, -0.05) is 0 Å². The van der Waals surface area contributed by atoms with E-state index in [2.05, 4.69) is 15.6 Å². The number of anilines is 2. The van der Waals surface area contributed by atoms with Crippen LogP contribution in [0, 0.1) is 20.2 Å². The van der Waals surface area contributed by atoms with Crippen LogP contribution in [0.1, 0.15) is 10.4 Å². The van der Waals surface area contributed by atoms with Crippen LogP contribution in [-0.2, 0) is 4.79 Å². The van der Waals surface area contributed by atoms with E-state index in [4.69, 9.17) is 4.74 Å². The third kappa shape index (κ3) is 4.16. The highest BCUT2D eigenvalue weighted by Crippen LogP contribution is 2.34. The Bertz CT molecular complexity index is 1220. The number of nitrogens with one attached hydrogen (secondary N) is 2. The molecule has 156 valence electrons. The highest BCUT2D eigenvalue weighted by atomic mass is 32.1. The number of ether oxygens (including phenoxy) is 1. The van der Waals surface area contributed by atoms with Gasteiger partial charge in [-0.05, 0) is 18.2 Å². The lowest BCUT2D eigenvalue weighted by Crippen LogP contribution is -2.25. The number of thiazole rings is 1. The van der Waals surface area contributed by atoms with Crippen molar-refractivity contribution in [1.82, 2.24) is 4.98 Å². The van der Waals surface area contributed by atoms with Crippen LogP contribution in [0.2, 0.25) is 0 Å². The second-order valence-corrected chi connectivity index (χ2v) is 7.15. The van der Waals surface area contributed by atoms with E-state index in [1.165, 1.54) is 0 Å². The normalized spacial score (nSPS) is 12.3. The van der Waals surface area contributed by atoms with Gasteiger partial charge in [0.05, 0.1) is 32.9 Å². The summed E-state index contributed by atoms with van der Waals surface area (Å²) < 4.78 is 5.30. The molecule has 1 aromatic heterocycles. The molecule has 13 heteroatoms. The van der Waals surface area contributed by atoms with Gasteiger partial charge in [0, 0.05) is 23.1 Å². The SMILES string of the molecule is O=C1COc2ccc(-c3csc(NC(=O)c4cc([N+](=O)[O-])cc([N+](=O)[O-])c4)n3)cc2N1. The van der Waals surface area contributed by atoms with Crippen LogP contribution in [0.4, 0.5) is 22.2 Å². The number of benzene rings is 2. The molecule has 0 radical (unpaired) electrons. The van der Waals surface area contributed by atoms with Crippen molar-refractivity contribution in [3.63, 3.8) is 0 Å². The van der Waals surface area contributed by atoms with Crippen molar-refractivity contribution in [1.29, 1.82) is 0 Å². The molecule has 1 aliphatic heterocycles. The van der Waals surface area contributed by atoms with E-state index in [-0.39, 0.29) is 23.2 Å². The fourth-order valence-electron chi connectivity index (χ4n) is 2.81. The van der Waals surface area contributed by atoms with Gasteiger partial charge in [-0.2, -0.15) is 0 Å². The number of carbonyl (C=O) groups is 2. The standard InChI is InChI=1S/C18H11N5O7S/c24-16-7-30-15-2-1-9(5-13(15)19-16)14-8-31-18(20-14)21-17(25)10-3-11(22(26)27)6-12(4-10)23(28)29/h1-6,8H,7H2,(H,19,24)(H,20,21,25). The Balaban J connectivity index is 1.56. The predicted molar refractivity (Wildman–Crippen MR) is 109 cm³/mol. The van der Waals surface area contributed by atoms with E-state index >= 15 is 0 Å². The fourth-order valence-corrected chi connectivity index (χ4v) is 3.53. The van der Waals surface area contributed by atoms with Gasteiger partial charge in [-0.25, -0.2) is 4.98 Å². The zero-order valence-electron chi connectivity index (χ0n) is 15.4. The average molecular weight is 441 g/mol. The molecule has 0 saturated heterocycles. The van der Waals surface area contributed by atoms with Crippen molar-refractivity contribution in [2.75, 3.05) is 17.2 Å². The third-order valence-corrected chi connectivity index (χ3v) is 4.98. The van der Waals surface area contributed by atoms with Gasteiger partial charge in [-0.3, -0.25) is 35.1 Å². The first-order valence-electron chi connectivity index (χ1n) is 8.58. The predicted octanol–water partition coefficient (Wildman–Crippen LogP) is 3.21. The molecule has 4 rings (SSSR count). The van der Waals surface area contributed by atoms with Crippen molar-refractivity contribution in [2.45, 2.75) is 0 Å². The molecule has 0 spiro atoms. The molecule has 1 aliphatic rings. The first kappa shape index (κ1) is 19.9. The highest BCUT2D eigenvalue weighted by molar-refractivity contribution is 7.14. The van der Waals surface area contributed by atoms with E-state index in [1.807, 2.05) is 0 Å². The van der Waals surface area contributed by atoms with Crippen molar-refractivity contribution in [2.24, 2.45) is 0 Å². The third-order valence-electron chi connectivity index (χ3n) is 4.22. The van der Waals surface area contributed by atoms with E-state index in [0.29, 0.717) is 22.7 Å². The maximum absolute atomic E-state index is 12.5. The summed E-state index contributed by atoms with van der Waals surface area (Å²) in [6, 6.07) is 7.77. The Morgan fingerprint density at radius 3 is 2.52 bits per heavy atom. The molecule has 2 heterocycles. The Labute approximate surface area is 176 Å². The number of fused-ring (bicyclic) bond motifs is 1. The number of nitro groups is 2. The summed E-state index contributed by atoms with van der Waals surface area (Å²) >= 11 is 1.10. The molecular weight excluding hydrogens is 430 g/mol. The van der Waals surface area contributed by atoms with Gasteiger partial charge in [0.15, 0.2) is 11.7 Å². The highest BCUT2D eigenvalue weighted by Gasteiger charge is 2.21. The van der Waals surface area contributed by atoms with Crippen LogP contribution in [-0.4, -0.2) is 33.3 Å². The number of amides is 2. The molecule has 0 aliphatic carbocycles.